The molecule has 220 valence electrons. The van der Waals surface area contributed by atoms with E-state index in [4.69, 9.17) is 0 Å². The summed E-state index contributed by atoms with van der Waals surface area (Å²) in [4.78, 5) is 0. The summed E-state index contributed by atoms with van der Waals surface area (Å²) < 4.78 is 0. The maximum Gasteiger partial charge on any atom is 0.00985 e. The van der Waals surface area contributed by atoms with Gasteiger partial charge >= 0.3 is 0 Å². The van der Waals surface area contributed by atoms with Crippen molar-refractivity contribution in [2.24, 2.45) is 0 Å². The number of hydrogen-bond acceptors (Lipinski definition) is 0. The Morgan fingerprint density at radius 1 is 0.436 bits per heavy atom. The van der Waals surface area contributed by atoms with Crippen molar-refractivity contribution in [3.63, 3.8) is 0 Å². The fourth-order valence-corrected chi connectivity index (χ4v) is 6.32. The summed E-state index contributed by atoms with van der Waals surface area (Å²) in [6, 6.07) is 10.1. The van der Waals surface area contributed by atoms with Gasteiger partial charge in [0, 0.05) is 5.92 Å². The molecule has 0 amide bonds. The van der Waals surface area contributed by atoms with Crippen LogP contribution < -0.4 is 0 Å². The van der Waals surface area contributed by atoms with Crippen LogP contribution in [-0.2, 0) is 32.5 Å². The zero-order chi connectivity index (χ0) is 30.7. The van der Waals surface area contributed by atoms with E-state index in [1.807, 2.05) is 0 Å². The molecular formula is C39H64. The van der Waals surface area contributed by atoms with Gasteiger partial charge in [-0.3, -0.25) is 0 Å². The van der Waals surface area contributed by atoms with Gasteiger partial charge in [0.15, 0.2) is 0 Å². The van der Waals surface area contributed by atoms with Crippen molar-refractivity contribution in [2.45, 2.75) is 176 Å². The molecule has 0 heterocycles. The molecular weight excluding hydrogens is 468 g/mol. The van der Waals surface area contributed by atoms with Crippen molar-refractivity contribution in [3.8, 4) is 0 Å². The normalized spacial score (nSPS) is 15.1. The first-order chi connectivity index (χ1) is 17.1. The largest absolute Gasteiger partial charge is 0.0645 e. The molecule has 0 aliphatic carbocycles. The van der Waals surface area contributed by atoms with Crippen molar-refractivity contribution in [3.05, 3.63) is 68.8 Å². The summed E-state index contributed by atoms with van der Waals surface area (Å²) in [6.45, 7) is 45.7. The summed E-state index contributed by atoms with van der Waals surface area (Å²) >= 11 is 0. The standard InChI is InChI=1S/C39H64/c1-20-26(31-29(37(11,12)13)23-25(34(2,3)4)24-30(31)38(14,15)16)32-27(35(5,6)7)21-22-28(36(8,9)10)33(32)39(17,18)19/h21-24,26H,20H2,1-19H3. The maximum absolute atomic E-state index is 2.56. The van der Waals surface area contributed by atoms with Crippen molar-refractivity contribution in [2.75, 3.05) is 0 Å². The van der Waals surface area contributed by atoms with E-state index in [2.05, 4.69) is 156 Å². The van der Waals surface area contributed by atoms with E-state index in [1.165, 1.54) is 27.8 Å². The van der Waals surface area contributed by atoms with Gasteiger partial charge in [-0.25, -0.2) is 0 Å². The van der Waals surface area contributed by atoms with Crippen LogP contribution in [0.4, 0.5) is 0 Å². The van der Waals surface area contributed by atoms with Crippen molar-refractivity contribution in [1.82, 2.24) is 0 Å². The maximum atomic E-state index is 2.56. The van der Waals surface area contributed by atoms with Crippen molar-refractivity contribution in [1.29, 1.82) is 0 Å². The van der Waals surface area contributed by atoms with Crippen LogP contribution in [-0.4, -0.2) is 0 Å². The van der Waals surface area contributed by atoms with Gasteiger partial charge < -0.3 is 0 Å². The summed E-state index contributed by atoms with van der Waals surface area (Å²) in [5.74, 6) is 0.327. The third kappa shape index (κ3) is 7.21. The molecule has 39 heavy (non-hydrogen) atoms. The van der Waals surface area contributed by atoms with E-state index in [0.29, 0.717) is 5.92 Å². The zero-order valence-electron chi connectivity index (χ0n) is 29.6. The summed E-state index contributed by atoms with van der Waals surface area (Å²) in [6.07, 6.45) is 1.08. The lowest BCUT2D eigenvalue weighted by molar-refractivity contribution is 0.498. The highest BCUT2D eigenvalue weighted by Gasteiger charge is 2.38. The lowest BCUT2D eigenvalue weighted by atomic mass is 9.63. The SMILES string of the molecule is CCC(c1c(C(C)(C)C)cc(C(C)(C)C)cc1C(C)(C)C)c1c(C(C)(C)C)ccc(C(C)(C)C)c1C(C)(C)C. The molecule has 1 atom stereocenters. The minimum atomic E-state index is 0.0295. The minimum Gasteiger partial charge on any atom is -0.0645 e. The molecule has 2 rings (SSSR count). The van der Waals surface area contributed by atoms with Crippen molar-refractivity contribution >= 4 is 0 Å². The van der Waals surface area contributed by atoms with Gasteiger partial charge in [0.1, 0.15) is 0 Å². The predicted octanol–water partition coefficient (Wildman–Crippen LogP) is 12.0. The average Bonchev–Trinajstić information content (AvgIpc) is 2.69. The Bertz CT molecular complexity index is 1120. The first kappa shape index (κ1) is 33.6. The summed E-state index contributed by atoms with van der Waals surface area (Å²) in [7, 11) is 0. The fraction of sp³-hybridized carbons (Fsp3) is 0.692. The first-order valence-electron chi connectivity index (χ1n) is 15.5. The predicted molar refractivity (Wildman–Crippen MR) is 177 cm³/mol. The number of rotatable bonds is 3. The van der Waals surface area contributed by atoms with Gasteiger partial charge in [0.05, 0.1) is 0 Å². The molecule has 1 unspecified atom stereocenters. The lowest BCUT2D eigenvalue weighted by Crippen LogP contribution is -2.31. The Morgan fingerprint density at radius 2 is 0.795 bits per heavy atom. The molecule has 0 bridgehead atoms. The highest BCUT2D eigenvalue weighted by atomic mass is 14.4. The van der Waals surface area contributed by atoms with Gasteiger partial charge in [-0.1, -0.05) is 156 Å². The third-order valence-electron chi connectivity index (χ3n) is 8.38. The molecule has 0 fully saturated rings. The molecule has 0 nitrogen and oxygen atoms in total. The van der Waals surface area contributed by atoms with Crippen LogP contribution in [0, 0.1) is 0 Å². The van der Waals surface area contributed by atoms with Crippen LogP contribution in [0.3, 0.4) is 0 Å². The molecule has 0 N–H and O–H groups in total. The van der Waals surface area contributed by atoms with Gasteiger partial charge in [-0.15, -0.1) is 0 Å². The van der Waals surface area contributed by atoms with E-state index >= 15 is 0 Å². The Balaban J connectivity index is 3.35. The second-order valence-corrected chi connectivity index (χ2v) is 18.4. The molecule has 0 aliphatic rings. The van der Waals surface area contributed by atoms with Gasteiger partial charge in [-0.05, 0) is 83.4 Å². The Hall–Kier alpha value is -1.56. The van der Waals surface area contributed by atoms with Gasteiger partial charge in [-0.2, -0.15) is 0 Å². The lowest BCUT2D eigenvalue weighted by Gasteiger charge is -2.41. The molecule has 0 radical (unpaired) electrons. The molecule has 2 aromatic carbocycles. The number of hydrogen-bond donors (Lipinski definition) is 0. The molecule has 0 aliphatic heterocycles. The van der Waals surface area contributed by atoms with Crippen molar-refractivity contribution < 1.29 is 0 Å². The third-order valence-corrected chi connectivity index (χ3v) is 8.38. The second-order valence-electron chi connectivity index (χ2n) is 18.4. The fourth-order valence-electron chi connectivity index (χ4n) is 6.32. The van der Waals surface area contributed by atoms with E-state index < -0.39 is 0 Å². The highest BCUT2D eigenvalue weighted by molar-refractivity contribution is 5.58. The van der Waals surface area contributed by atoms with E-state index in [1.54, 1.807) is 16.7 Å². The van der Waals surface area contributed by atoms with Gasteiger partial charge in [0.25, 0.3) is 0 Å². The van der Waals surface area contributed by atoms with Gasteiger partial charge in [0.2, 0.25) is 0 Å². The first-order valence-corrected chi connectivity index (χ1v) is 15.5. The molecule has 0 saturated carbocycles. The molecule has 0 saturated heterocycles. The van der Waals surface area contributed by atoms with Crippen LogP contribution in [0.15, 0.2) is 24.3 Å². The summed E-state index contributed by atoms with van der Waals surface area (Å²) in [5.41, 5.74) is 12.5. The van der Waals surface area contributed by atoms with E-state index in [0.717, 1.165) is 6.42 Å². The quantitative estimate of drug-likeness (QED) is 0.369. The minimum absolute atomic E-state index is 0.0295. The molecule has 0 aromatic heterocycles. The number of benzene rings is 2. The Kier molecular flexibility index (Phi) is 8.94. The van der Waals surface area contributed by atoms with Crippen LogP contribution in [0.2, 0.25) is 0 Å². The van der Waals surface area contributed by atoms with E-state index in [9.17, 15) is 0 Å². The van der Waals surface area contributed by atoms with Crippen LogP contribution >= 0.6 is 0 Å². The van der Waals surface area contributed by atoms with Crippen LogP contribution in [0.5, 0.6) is 0 Å². The van der Waals surface area contributed by atoms with Crippen LogP contribution in [0.1, 0.15) is 188 Å². The van der Waals surface area contributed by atoms with Crippen LogP contribution in [0.25, 0.3) is 0 Å². The molecule has 0 heteroatoms. The van der Waals surface area contributed by atoms with E-state index in [-0.39, 0.29) is 32.5 Å². The second kappa shape index (κ2) is 10.4. The summed E-state index contributed by atoms with van der Waals surface area (Å²) in [5, 5.41) is 0. The molecule has 0 spiro atoms. The highest BCUT2D eigenvalue weighted by Crippen LogP contribution is 2.50. The monoisotopic (exact) mass is 533 g/mol. The molecule has 2 aromatic rings. The smallest absolute Gasteiger partial charge is 0.00985 e. The average molecular weight is 533 g/mol. The zero-order valence-corrected chi connectivity index (χ0v) is 29.6. The Labute approximate surface area is 244 Å². The topological polar surface area (TPSA) is 0 Å². The Morgan fingerprint density at radius 3 is 1.08 bits per heavy atom.